The van der Waals surface area contributed by atoms with Gasteiger partial charge in [-0.2, -0.15) is 0 Å². The Morgan fingerprint density at radius 2 is 2.00 bits per heavy atom. The minimum absolute atomic E-state index is 0.00705. The summed E-state index contributed by atoms with van der Waals surface area (Å²) in [4.78, 5) is 26.5. The highest BCUT2D eigenvalue weighted by Gasteiger charge is 2.44. The fourth-order valence-corrected chi connectivity index (χ4v) is 3.15. The quantitative estimate of drug-likeness (QED) is 0.903. The van der Waals surface area contributed by atoms with Crippen molar-refractivity contribution in [3.63, 3.8) is 0 Å². The van der Waals surface area contributed by atoms with E-state index in [-0.39, 0.29) is 23.8 Å². The van der Waals surface area contributed by atoms with Crippen molar-refractivity contribution in [1.82, 2.24) is 10.2 Å². The van der Waals surface area contributed by atoms with Gasteiger partial charge in [-0.05, 0) is 37.5 Å². The van der Waals surface area contributed by atoms with Crippen molar-refractivity contribution in [2.24, 2.45) is 5.92 Å². The first-order valence-electron chi connectivity index (χ1n) is 7.87. The first kappa shape index (κ1) is 14.9. The number of nitrogens with zero attached hydrogens (tertiary/aromatic N) is 1. The topological polar surface area (TPSA) is 58.6 Å². The zero-order valence-corrected chi connectivity index (χ0v) is 13.0. The van der Waals surface area contributed by atoms with Gasteiger partial charge in [0.25, 0.3) is 0 Å². The Hall–Kier alpha value is -2.04. The Balaban J connectivity index is 1.86. The van der Waals surface area contributed by atoms with E-state index < -0.39 is 0 Å². The van der Waals surface area contributed by atoms with Gasteiger partial charge in [-0.3, -0.25) is 9.59 Å². The van der Waals surface area contributed by atoms with E-state index >= 15 is 0 Å². The van der Waals surface area contributed by atoms with Gasteiger partial charge in [0.15, 0.2) is 0 Å². The summed E-state index contributed by atoms with van der Waals surface area (Å²) in [6.07, 6.45) is 2.40. The number of carbonyl (C=O) groups excluding carboxylic acids is 2. The molecule has 0 bridgehead atoms. The molecule has 0 radical (unpaired) electrons. The van der Waals surface area contributed by atoms with Crippen molar-refractivity contribution < 1.29 is 14.3 Å². The molecule has 5 nitrogen and oxygen atoms in total. The van der Waals surface area contributed by atoms with E-state index in [2.05, 4.69) is 5.32 Å². The van der Waals surface area contributed by atoms with E-state index in [0.29, 0.717) is 19.0 Å². The highest BCUT2D eigenvalue weighted by atomic mass is 16.5. The molecular weight excluding hydrogens is 280 g/mol. The number of hydrogen-bond donors (Lipinski definition) is 1. The number of methoxy groups -OCH3 is 1. The first-order chi connectivity index (χ1) is 10.6. The van der Waals surface area contributed by atoms with Gasteiger partial charge in [0, 0.05) is 19.0 Å². The zero-order valence-electron chi connectivity index (χ0n) is 13.0. The number of benzene rings is 1. The van der Waals surface area contributed by atoms with Gasteiger partial charge in [0.1, 0.15) is 5.75 Å². The average Bonchev–Trinajstić information content (AvgIpc) is 3.28. The number of hydrogen-bond acceptors (Lipinski definition) is 3. The molecule has 5 heteroatoms. The van der Waals surface area contributed by atoms with Gasteiger partial charge >= 0.3 is 0 Å². The molecule has 1 heterocycles. The second kappa shape index (κ2) is 5.99. The monoisotopic (exact) mass is 302 g/mol. The molecule has 1 N–H and O–H groups in total. The Morgan fingerprint density at radius 3 is 2.55 bits per heavy atom. The molecule has 2 fully saturated rings. The molecule has 1 aromatic carbocycles. The van der Waals surface area contributed by atoms with Crippen LogP contribution in [0.5, 0.6) is 5.75 Å². The molecule has 1 saturated carbocycles. The number of amides is 2. The lowest BCUT2D eigenvalue weighted by atomic mass is 9.92. The lowest BCUT2D eigenvalue weighted by Gasteiger charge is -2.27. The molecule has 0 spiro atoms. The molecule has 2 aliphatic rings. The largest absolute Gasteiger partial charge is 0.497 e. The summed E-state index contributed by atoms with van der Waals surface area (Å²) in [5, 5.41) is 3.04. The van der Waals surface area contributed by atoms with Crippen molar-refractivity contribution in [3.05, 3.63) is 29.8 Å². The van der Waals surface area contributed by atoms with E-state index in [1.807, 2.05) is 31.2 Å². The van der Waals surface area contributed by atoms with Crippen molar-refractivity contribution in [3.8, 4) is 5.75 Å². The third-order valence-corrected chi connectivity index (χ3v) is 4.49. The lowest BCUT2D eigenvalue weighted by Crippen LogP contribution is -2.36. The molecular formula is C17H22N2O3. The van der Waals surface area contributed by atoms with E-state index in [9.17, 15) is 9.59 Å². The fraction of sp³-hybridized carbons (Fsp3) is 0.529. The fourth-order valence-electron chi connectivity index (χ4n) is 3.15. The van der Waals surface area contributed by atoms with Crippen molar-refractivity contribution >= 4 is 11.8 Å². The minimum Gasteiger partial charge on any atom is -0.497 e. The summed E-state index contributed by atoms with van der Waals surface area (Å²) in [6, 6.07) is 7.78. The average molecular weight is 302 g/mol. The molecule has 0 aromatic heterocycles. The maximum atomic E-state index is 12.5. The van der Waals surface area contributed by atoms with Crippen LogP contribution in [0.4, 0.5) is 0 Å². The van der Waals surface area contributed by atoms with Crippen LogP contribution in [0.15, 0.2) is 24.3 Å². The second-order valence-corrected chi connectivity index (χ2v) is 5.99. The Labute approximate surface area is 130 Å². The first-order valence-corrected chi connectivity index (χ1v) is 7.87. The van der Waals surface area contributed by atoms with E-state index in [4.69, 9.17) is 4.74 Å². The predicted octanol–water partition coefficient (Wildman–Crippen LogP) is 1.88. The van der Waals surface area contributed by atoms with E-state index in [0.717, 1.165) is 24.2 Å². The standard InChI is InChI=1S/C17H22N2O3/c1-3-19-15(20)10-14(17(21)18-12-6-7-12)16(19)11-4-8-13(22-2)9-5-11/h4-5,8-9,12,14,16H,3,6-7,10H2,1-2H3,(H,18,21)/t14-,16+/m1/s1. The summed E-state index contributed by atoms with van der Waals surface area (Å²) in [5.74, 6) is 0.531. The Kier molecular flexibility index (Phi) is 4.05. The van der Waals surface area contributed by atoms with Gasteiger partial charge in [-0.25, -0.2) is 0 Å². The Morgan fingerprint density at radius 1 is 1.32 bits per heavy atom. The highest BCUT2D eigenvalue weighted by Crippen LogP contribution is 2.39. The molecule has 118 valence electrons. The van der Waals surface area contributed by atoms with Gasteiger partial charge in [-0.1, -0.05) is 12.1 Å². The molecule has 1 aliphatic carbocycles. The maximum absolute atomic E-state index is 12.5. The van der Waals surface area contributed by atoms with Crippen LogP contribution in [0.3, 0.4) is 0 Å². The van der Waals surface area contributed by atoms with Crippen LogP contribution in [0.2, 0.25) is 0 Å². The normalized spacial score (nSPS) is 24.5. The lowest BCUT2D eigenvalue weighted by molar-refractivity contribution is -0.129. The summed E-state index contributed by atoms with van der Waals surface area (Å²) >= 11 is 0. The van der Waals surface area contributed by atoms with Crippen molar-refractivity contribution in [2.45, 2.75) is 38.3 Å². The van der Waals surface area contributed by atoms with Gasteiger partial charge in [-0.15, -0.1) is 0 Å². The molecule has 1 aliphatic heterocycles. The maximum Gasteiger partial charge on any atom is 0.226 e. The Bertz CT molecular complexity index is 566. The highest BCUT2D eigenvalue weighted by molar-refractivity contribution is 5.90. The van der Waals surface area contributed by atoms with Crippen molar-refractivity contribution in [1.29, 1.82) is 0 Å². The van der Waals surface area contributed by atoms with Crippen LogP contribution in [-0.4, -0.2) is 36.4 Å². The van der Waals surface area contributed by atoms with Gasteiger partial charge in [0.05, 0.1) is 19.1 Å². The van der Waals surface area contributed by atoms with Crippen LogP contribution in [0.1, 0.15) is 37.8 Å². The third kappa shape index (κ3) is 2.80. The van der Waals surface area contributed by atoms with Crippen LogP contribution in [0, 0.1) is 5.92 Å². The summed E-state index contributed by atoms with van der Waals surface area (Å²) in [6.45, 7) is 2.57. The number of carbonyl (C=O) groups is 2. The van der Waals surface area contributed by atoms with Crippen LogP contribution in [-0.2, 0) is 9.59 Å². The number of likely N-dealkylation sites (tertiary alicyclic amines) is 1. The smallest absolute Gasteiger partial charge is 0.226 e. The third-order valence-electron chi connectivity index (χ3n) is 4.49. The summed E-state index contributed by atoms with van der Waals surface area (Å²) in [7, 11) is 1.62. The molecule has 1 aromatic rings. The SMILES string of the molecule is CCN1C(=O)C[C@@H](C(=O)NC2CC2)[C@@H]1c1ccc(OC)cc1. The van der Waals surface area contributed by atoms with Gasteiger partial charge in [0.2, 0.25) is 11.8 Å². The van der Waals surface area contributed by atoms with E-state index in [1.54, 1.807) is 12.0 Å². The molecule has 22 heavy (non-hydrogen) atoms. The van der Waals surface area contributed by atoms with Gasteiger partial charge < -0.3 is 15.0 Å². The molecule has 2 amide bonds. The zero-order chi connectivity index (χ0) is 15.7. The van der Waals surface area contributed by atoms with Crippen molar-refractivity contribution in [2.75, 3.05) is 13.7 Å². The number of rotatable bonds is 5. The molecule has 2 atom stereocenters. The van der Waals surface area contributed by atoms with E-state index in [1.165, 1.54) is 0 Å². The number of ether oxygens (including phenoxy) is 1. The molecule has 3 rings (SSSR count). The molecule has 1 saturated heterocycles. The minimum atomic E-state index is -0.304. The number of nitrogens with one attached hydrogen (secondary N) is 1. The molecule has 0 unspecified atom stereocenters. The van der Waals surface area contributed by atoms with Crippen LogP contribution in [0.25, 0.3) is 0 Å². The van der Waals surface area contributed by atoms with Crippen LogP contribution >= 0.6 is 0 Å². The second-order valence-electron chi connectivity index (χ2n) is 5.99. The summed E-state index contributed by atoms with van der Waals surface area (Å²) in [5.41, 5.74) is 0.990. The summed E-state index contributed by atoms with van der Waals surface area (Å²) < 4.78 is 5.18. The van der Waals surface area contributed by atoms with Crippen LogP contribution < -0.4 is 10.1 Å². The predicted molar refractivity (Wildman–Crippen MR) is 82.4 cm³/mol.